The molecule has 0 aromatic heterocycles. The Morgan fingerprint density at radius 1 is 0.325 bits per heavy atom. The number of thioether (sulfide) groups is 1. The van der Waals surface area contributed by atoms with Crippen LogP contribution in [0.1, 0.15) is 112 Å². The van der Waals surface area contributed by atoms with Crippen LogP contribution in [-0.2, 0) is 30.5 Å². The summed E-state index contributed by atoms with van der Waals surface area (Å²) in [6.07, 6.45) is 14.6. The summed E-state index contributed by atoms with van der Waals surface area (Å²) in [6.45, 7) is 8.65. The normalized spacial score (nSPS) is 19.9. The second-order valence-corrected chi connectivity index (χ2v) is 23.7. The third kappa shape index (κ3) is 18.4. The van der Waals surface area contributed by atoms with Crippen LogP contribution in [0.15, 0.2) is 47.9 Å². The molecule has 1 unspecified atom stereocenters. The van der Waals surface area contributed by atoms with Gasteiger partial charge in [0, 0.05) is 61.5 Å². The van der Waals surface area contributed by atoms with Gasteiger partial charge in [0.15, 0.2) is 0 Å². The van der Waals surface area contributed by atoms with E-state index in [-0.39, 0.29) is 56.9 Å². The fourth-order valence-corrected chi connectivity index (χ4v) is 11.4. The van der Waals surface area contributed by atoms with Crippen molar-refractivity contribution in [1.82, 2.24) is 24.9 Å². The molecule has 0 aliphatic carbocycles. The van der Waals surface area contributed by atoms with Crippen LogP contribution in [-0.4, -0.2) is 163 Å². The minimum Gasteiger partial charge on any atom is -0.380 e. The van der Waals surface area contributed by atoms with Crippen molar-refractivity contribution in [3.05, 3.63) is 124 Å². The number of rotatable bonds is 3. The lowest BCUT2D eigenvalue weighted by Gasteiger charge is -2.22. The van der Waals surface area contributed by atoms with Crippen LogP contribution < -0.4 is 91.5 Å². The Morgan fingerprint density at radius 2 is 0.578 bits per heavy atom. The molecule has 1 amide bonds. The molecule has 1 heterocycles. The first-order chi connectivity index (χ1) is 39.9. The van der Waals surface area contributed by atoms with Gasteiger partial charge < -0.3 is 56.8 Å². The Labute approximate surface area is 489 Å². The maximum Gasteiger partial charge on any atom is 0.253 e. The summed E-state index contributed by atoms with van der Waals surface area (Å²) < 4.78 is 0. The second-order valence-electron chi connectivity index (χ2n) is 22.7. The van der Waals surface area contributed by atoms with Gasteiger partial charge in [-0.2, -0.15) is 11.8 Å². The van der Waals surface area contributed by atoms with E-state index in [2.05, 4.69) is 63.9 Å². The summed E-state index contributed by atoms with van der Waals surface area (Å²) in [7, 11) is 8.05. The molecule has 23 heteroatoms. The number of hydrogen-bond donors (Lipinski definition) is 7. The summed E-state index contributed by atoms with van der Waals surface area (Å²) in [6, 6.07) is -0.771. The molecule has 6 rings (SSSR count). The highest BCUT2D eigenvalue weighted by atomic mass is 32.2. The maximum atomic E-state index is 13.4. The standard InChI is InChI=1S/C60H89N11O11S/c1-68-30-10-6-19-39-41(52(74)50(39)72)21-8-12-32-69(2)34-15-26-63-46-47(57(79)56(46)78)64-28-17-37-71(4)36-16-27-62-45-44(54(76)55(45)77)61-24-14-25-66-60(82)43(23-38-83-5)67-49-48(58(80)59(49)81)65-29-18-35-70(3)33-13-9-22-42-40(20-7-11-31-68)51(73)53(42)75/h43,61-65,67H,6-38H2,1-5H3,(H,66,82). The highest BCUT2D eigenvalue weighted by Gasteiger charge is 2.28. The van der Waals surface area contributed by atoms with Crippen molar-refractivity contribution in [2.75, 3.05) is 164 Å². The first kappa shape index (κ1) is 66.0. The average molecular weight is 1170 g/mol. The minimum absolute atomic E-state index is 0.0939. The Balaban J connectivity index is 0.975. The summed E-state index contributed by atoms with van der Waals surface area (Å²) in [5.74, 6) is 0.290. The van der Waals surface area contributed by atoms with E-state index in [1.807, 2.05) is 27.4 Å². The van der Waals surface area contributed by atoms with E-state index in [0.29, 0.717) is 150 Å². The lowest BCUT2D eigenvalue weighted by Crippen LogP contribution is -2.45. The predicted octanol–water partition coefficient (Wildman–Crippen LogP) is 1.16. The van der Waals surface area contributed by atoms with Crippen LogP contribution in [0.25, 0.3) is 0 Å². The lowest BCUT2D eigenvalue weighted by atomic mass is 9.92. The monoisotopic (exact) mass is 1170 g/mol. The first-order valence-electron chi connectivity index (χ1n) is 30.0. The predicted molar refractivity (Wildman–Crippen MR) is 337 cm³/mol. The molecule has 5 aromatic carbocycles. The molecule has 7 N–H and O–H groups in total. The van der Waals surface area contributed by atoms with Gasteiger partial charge in [-0.1, -0.05) is 0 Å². The number of nitrogens with zero attached hydrogens (tertiary/aromatic N) is 4. The SMILES string of the molecule is CSCCC1Nc2c(c(=O)c2=O)NCCCN(C)CCCCc2c(c(=O)c2=O)CCCCN(C)CCCCc2c(c(=O)c2=O)CCCCN(C)CCCNc2c(c(=O)c2=O)NCCCN(C)CCCNc2c(c(=O)c2=O)NCCCNC1=O. The van der Waals surface area contributed by atoms with Gasteiger partial charge in [-0.25, -0.2) is 0 Å². The van der Waals surface area contributed by atoms with Crippen molar-refractivity contribution in [3.8, 4) is 0 Å². The van der Waals surface area contributed by atoms with E-state index in [9.17, 15) is 52.7 Å². The molecule has 0 spiro atoms. The molecule has 0 saturated carbocycles. The lowest BCUT2D eigenvalue weighted by molar-refractivity contribution is -0.121. The van der Waals surface area contributed by atoms with Crippen molar-refractivity contribution in [1.29, 1.82) is 0 Å². The maximum absolute atomic E-state index is 13.4. The van der Waals surface area contributed by atoms with E-state index in [0.717, 1.165) is 90.5 Å². The van der Waals surface area contributed by atoms with E-state index in [4.69, 9.17) is 0 Å². The molecule has 22 nitrogen and oxygen atoms in total. The summed E-state index contributed by atoms with van der Waals surface area (Å²) in [5.41, 5.74) is -0.965. The molecule has 0 fully saturated rings. The molecule has 0 bridgehead atoms. The molecule has 5 aromatic rings. The van der Waals surface area contributed by atoms with Gasteiger partial charge in [0.2, 0.25) is 27.6 Å². The Bertz CT molecular complexity index is 3260. The van der Waals surface area contributed by atoms with Crippen LogP contribution in [0.5, 0.6) is 0 Å². The van der Waals surface area contributed by atoms with Crippen LogP contribution >= 0.6 is 11.8 Å². The van der Waals surface area contributed by atoms with Crippen LogP contribution in [0, 0.1) is 0 Å². The molecule has 0 radical (unpaired) electrons. The molecular formula is C60H89N11O11S. The molecule has 1 aliphatic heterocycles. The first-order valence-corrected chi connectivity index (χ1v) is 31.4. The van der Waals surface area contributed by atoms with Gasteiger partial charge in [0.05, 0.1) is 0 Å². The zero-order chi connectivity index (χ0) is 60.0. The molecule has 83 heavy (non-hydrogen) atoms. The molecule has 1 atom stereocenters. The van der Waals surface area contributed by atoms with Gasteiger partial charge in [0.25, 0.3) is 32.6 Å². The number of hydrogen-bond acceptors (Lipinski definition) is 22. The van der Waals surface area contributed by atoms with Crippen LogP contribution in [0.2, 0.25) is 0 Å². The molecule has 456 valence electrons. The third-order valence-electron chi connectivity index (χ3n) is 16.1. The van der Waals surface area contributed by atoms with Gasteiger partial charge in [0.1, 0.15) is 40.2 Å². The van der Waals surface area contributed by atoms with Crippen LogP contribution in [0.4, 0.5) is 34.1 Å². The van der Waals surface area contributed by atoms with Crippen molar-refractivity contribution in [3.63, 3.8) is 0 Å². The average Bonchev–Trinajstić information content (AvgIpc) is 3.61. The van der Waals surface area contributed by atoms with E-state index < -0.39 is 38.6 Å². The second kappa shape index (κ2) is 33.4. The van der Waals surface area contributed by atoms with Crippen molar-refractivity contribution < 1.29 is 4.79 Å². The Hall–Kier alpha value is -6.14. The Morgan fingerprint density at radius 3 is 0.880 bits per heavy atom. The zero-order valence-corrected chi connectivity index (χ0v) is 50.4. The summed E-state index contributed by atoms with van der Waals surface area (Å²) >= 11 is 1.55. The Kier molecular flexibility index (Phi) is 26.5. The van der Waals surface area contributed by atoms with Gasteiger partial charge >= 0.3 is 0 Å². The van der Waals surface area contributed by atoms with E-state index in [1.54, 1.807) is 11.8 Å². The number of fused-ring (bicyclic) bond motifs is 5. The minimum atomic E-state index is -0.771. The highest BCUT2D eigenvalue weighted by Crippen LogP contribution is 2.20. The fraction of sp³-hybridized carbons (Fsp3) is 0.650. The van der Waals surface area contributed by atoms with Crippen molar-refractivity contribution >= 4 is 51.8 Å². The summed E-state index contributed by atoms with van der Waals surface area (Å²) in [5, 5.41) is 21.4. The molecule has 0 saturated heterocycles. The number of carbonyl (C=O) groups excluding carboxylic acids is 1. The third-order valence-corrected chi connectivity index (χ3v) is 16.8. The highest BCUT2D eigenvalue weighted by molar-refractivity contribution is 7.98. The topological polar surface area (TPSA) is 285 Å². The van der Waals surface area contributed by atoms with Gasteiger partial charge in [-0.05, 0) is 208 Å². The fourth-order valence-electron chi connectivity index (χ4n) is 10.9. The molecule has 1 aliphatic rings. The number of anilines is 6. The van der Waals surface area contributed by atoms with E-state index >= 15 is 0 Å². The smallest absolute Gasteiger partial charge is 0.253 e. The zero-order valence-electron chi connectivity index (χ0n) is 49.6. The quantitative estimate of drug-likeness (QED) is 0.125. The van der Waals surface area contributed by atoms with Crippen molar-refractivity contribution in [2.24, 2.45) is 0 Å². The largest absolute Gasteiger partial charge is 0.380 e. The molecular weight excluding hydrogens is 1080 g/mol. The number of nitrogens with one attached hydrogen (secondary N) is 7. The number of carbonyl (C=O) groups is 1. The summed E-state index contributed by atoms with van der Waals surface area (Å²) in [4.78, 5) is 147. The van der Waals surface area contributed by atoms with Gasteiger partial charge in [-0.15, -0.1) is 0 Å². The van der Waals surface area contributed by atoms with Crippen molar-refractivity contribution in [2.45, 2.75) is 122 Å². The van der Waals surface area contributed by atoms with Gasteiger partial charge in [-0.3, -0.25) is 52.7 Å². The van der Waals surface area contributed by atoms with Crippen LogP contribution in [0.3, 0.4) is 0 Å². The number of amides is 1. The van der Waals surface area contributed by atoms with E-state index in [1.165, 1.54) is 0 Å².